The maximum Gasteiger partial charge on any atom is 0.264 e. The Morgan fingerprint density at radius 3 is 2.38 bits per heavy atom. The molecule has 156 valence electrons. The quantitative estimate of drug-likeness (QED) is 0.640. The molecule has 0 atom stereocenters. The molecule has 0 spiro atoms. The van der Waals surface area contributed by atoms with Gasteiger partial charge < -0.3 is 10.2 Å². The molecular weight excluding hydrogens is 386 g/mol. The van der Waals surface area contributed by atoms with Gasteiger partial charge in [-0.3, -0.25) is 9.10 Å². The summed E-state index contributed by atoms with van der Waals surface area (Å²) in [4.78, 5) is 15.1. The van der Waals surface area contributed by atoms with Crippen LogP contribution in [0.2, 0.25) is 0 Å². The van der Waals surface area contributed by atoms with Gasteiger partial charge in [0.25, 0.3) is 10.0 Å². The lowest BCUT2D eigenvalue weighted by Crippen LogP contribution is -2.41. The molecule has 2 aromatic rings. The number of likely N-dealkylation sites (tertiary alicyclic amines) is 1. The third-order valence-electron chi connectivity index (χ3n) is 5.17. The maximum absolute atomic E-state index is 13.3. The first-order valence-corrected chi connectivity index (χ1v) is 11.5. The molecule has 29 heavy (non-hydrogen) atoms. The Morgan fingerprint density at radius 1 is 1.03 bits per heavy atom. The second-order valence-corrected chi connectivity index (χ2v) is 9.23. The van der Waals surface area contributed by atoms with Crippen molar-refractivity contribution in [3.63, 3.8) is 0 Å². The Labute approximate surface area is 173 Å². The number of para-hydroxylation sites is 1. The average molecular weight is 416 g/mol. The summed E-state index contributed by atoms with van der Waals surface area (Å²) < 4.78 is 27.7. The van der Waals surface area contributed by atoms with Gasteiger partial charge in [-0.1, -0.05) is 36.4 Å². The molecule has 0 unspecified atom stereocenters. The summed E-state index contributed by atoms with van der Waals surface area (Å²) >= 11 is 0. The average Bonchev–Trinajstić information content (AvgIpc) is 3.24. The Morgan fingerprint density at radius 2 is 1.69 bits per heavy atom. The van der Waals surface area contributed by atoms with Crippen molar-refractivity contribution >= 4 is 21.6 Å². The Hall–Kier alpha value is -2.38. The van der Waals surface area contributed by atoms with E-state index in [-0.39, 0.29) is 17.3 Å². The molecule has 7 heteroatoms. The van der Waals surface area contributed by atoms with Gasteiger partial charge in [-0.25, -0.2) is 8.42 Å². The van der Waals surface area contributed by atoms with Crippen LogP contribution >= 0.6 is 0 Å². The van der Waals surface area contributed by atoms with E-state index in [1.54, 1.807) is 42.5 Å². The number of rotatable bonds is 9. The number of hydrogen-bond acceptors (Lipinski definition) is 4. The zero-order valence-corrected chi connectivity index (χ0v) is 17.7. The zero-order valence-electron chi connectivity index (χ0n) is 16.9. The summed E-state index contributed by atoms with van der Waals surface area (Å²) in [5.41, 5.74) is 1.32. The summed E-state index contributed by atoms with van der Waals surface area (Å²) in [6.07, 6.45) is 3.35. The van der Waals surface area contributed by atoms with Gasteiger partial charge in [-0.15, -0.1) is 0 Å². The second-order valence-electron chi connectivity index (χ2n) is 7.36. The van der Waals surface area contributed by atoms with Crippen LogP contribution in [0.1, 0.15) is 24.8 Å². The molecule has 0 saturated carbocycles. The molecule has 1 N–H and O–H groups in total. The van der Waals surface area contributed by atoms with Crippen molar-refractivity contribution in [1.82, 2.24) is 10.2 Å². The number of hydrogen-bond donors (Lipinski definition) is 1. The van der Waals surface area contributed by atoms with Crippen molar-refractivity contribution in [2.75, 3.05) is 37.0 Å². The molecule has 0 aromatic heterocycles. The fourth-order valence-electron chi connectivity index (χ4n) is 3.59. The Kier molecular flexibility index (Phi) is 7.28. The fourth-order valence-corrected chi connectivity index (χ4v) is 5.09. The molecule has 1 saturated heterocycles. The second kappa shape index (κ2) is 9.89. The van der Waals surface area contributed by atoms with E-state index in [0.29, 0.717) is 12.2 Å². The van der Waals surface area contributed by atoms with Crippen LogP contribution in [0, 0.1) is 6.92 Å². The van der Waals surface area contributed by atoms with Gasteiger partial charge in [0, 0.05) is 6.54 Å². The number of nitrogens with one attached hydrogen (secondary N) is 1. The van der Waals surface area contributed by atoms with Crippen molar-refractivity contribution in [2.24, 2.45) is 0 Å². The minimum absolute atomic E-state index is 0.171. The first kappa shape index (κ1) is 21.3. The van der Waals surface area contributed by atoms with Gasteiger partial charge in [0.15, 0.2) is 0 Å². The first-order valence-electron chi connectivity index (χ1n) is 10.1. The highest BCUT2D eigenvalue weighted by Gasteiger charge is 2.27. The Balaban J connectivity index is 1.70. The lowest BCUT2D eigenvalue weighted by molar-refractivity contribution is -0.119. The third-order valence-corrected chi connectivity index (χ3v) is 6.95. The number of carbonyl (C=O) groups is 1. The highest BCUT2D eigenvalue weighted by molar-refractivity contribution is 7.92. The van der Waals surface area contributed by atoms with Crippen molar-refractivity contribution in [3.05, 3.63) is 60.2 Å². The molecule has 1 amide bonds. The van der Waals surface area contributed by atoms with E-state index in [4.69, 9.17) is 0 Å². The summed E-state index contributed by atoms with van der Waals surface area (Å²) in [5.74, 6) is -0.297. The van der Waals surface area contributed by atoms with Crippen LogP contribution in [0.3, 0.4) is 0 Å². The van der Waals surface area contributed by atoms with Gasteiger partial charge in [0.05, 0.1) is 10.6 Å². The highest BCUT2D eigenvalue weighted by atomic mass is 32.2. The van der Waals surface area contributed by atoms with E-state index in [9.17, 15) is 13.2 Å². The van der Waals surface area contributed by atoms with Crippen molar-refractivity contribution in [3.8, 4) is 0 Å². The summed E-state index contributed by atoms with van der Waals surface area (Å²) in [6.45, 7) is 5.36. The number of amides is 1. The predicted molar refractivity (Wildman–Crippen MR) is 115 cm³/mol. The molecule has 2 aromatic carbocycles. The number of aryl methyl sites for hydroxylation is 1. The smallest absolute Gasteiger partial charge is 0.264 e. The number of benzene rings is 2. The molecule has 6 nitrogen and oxygen atoms in total. The number of sulfonamides is 1. The molecule has 0 bridgehead atoms. The molecule has 0 radical (unpaired) electrons. The summed E-state index contributed by atoms with van der Waals surface area (Å²) in [5, 5.41) is 2.88. The van der Waals surface area contributed by atoms with E-state index in [1.807, 2.05) is 19.1 Å². The van der Waals surface area contributed by atoms with Crippen molar-refractivity contribution < 1.29 is 13.2 Å². The van der Waals surface area contributed by atoms with Crippen LogP contribution in [0.4, 0.5) is 5.69 Å². The molecule has 3 rings (SSSR count). The van der Waals surface area contributed by atoms with Gasteiger partial charge in [-0.05, 0) is 69.6 Å². The maximum atomic E-state index is 13.3. The number of nitrogens with zero attached hydrogens (tertiary/aromatic N) is 2. The van der Waals surface area contributed by atoms with Crippen LogP contribution in [0.5, 0.6) is 0 Å². The van der Waals surface area contributed by atoms with E-state index in [2.05, 4.69) is 10.2 Å². The fraction of sp³-hybridized carbons (Fsp3) is 0.409. The Bertz CT molecular complexity index is 910. The molecule has 1 heterocycles. The lowest BCUT2D eigenvalue weighted by Gasteiger charge is -2.25. The van der Waals surface area contributed by atoms with E-state index >= 15 is 0 Å². The standard InChI is InChI=1S/C22H29N3O3S/c1-19-10-5-6-13-21(19)25(29(27,28)20-11-3-2-4-12-20)18-22(26)23-14-9-17-24-15-7-8-16-24/h2-6,10-13H,7-9,14-18H2,1H3,(H,23,26). The third kappa shape index (κ3) is 5.58. The van der Waals surface area contributed by atoms with Gasteiger partial charge in [0.2, 0.25) is 5.91 Å². The van der Waals surface area contributed by atoms with E-state index in [0.717, 1.165) is 31.6 Å². The van der Waals surface area contributed by atoms with Crippen LogP contribution in [0.25, 0.3) is 0 Å². The van der Waals surface area contributed by atoms with Gasteiger partial charge >= 0.3 is 0 Å². The van der Waals surface area contributed by atoms with Crippen LogP contribution in [0.15, 0.2) is 59.5 Å². The lowest BCUT2D eigenvalue weighted by atomic mass is 10.2. The highest BCUT2D eigenvalue weighted by Crippen LogP contribution is 2.26. The van der Waals surface area contributed by atoms with Crippen molar-refractivity contribution in [2.45, 2.75) is 31.1 Å². The predicted octanol–water partition coefficient (Wildman–Crippen LogP) is 2.79. The first-order chi connectivity index (χ1) is 14.0. The van der Waals surface area contributed by atoms with Crippen LogP contribution in [-0.4, -0.2) is 51.9 Å². The largest absolute Gasteiger partial charge is 0.354 e. The minimum atomic E-state index is -3.85. The van der Waals surface area contributed by atoms with Crippen LogP contribution in [-0.2, 0) is 14.8 Å². The van der Waals surface area contributed by atoms with Gasteiger partial charge in [0.1, 0.15) is 6.54 Å². The normalized spacial score (nSPS) is 14.7. The van der Waals surface area contributed by atoms with Gasteiger partial charge in [-0.2, -0.15) is 0 Å². The monoisotopic (exact) mass is 415 g/mol. The molecule has 1 aliphatic heterocycles. The minimum Gasteiger partial charge on any atom is -0.354 e. The topological polar surface area (TPSA) is 69.7 Å². The van der Waals surface area contributed by atoms with Crippen molar-refractivity contribution in [1.29, 1.82) is 0 Å². The SMILES string of the molecule is Cc1ccccc1N(CC(=O)NCCCN1CCCC1)S(=O)(=O)c1ccccc1. The number of carbonyl (C=O) groups excluding carboxylic acids is 1. The molecule has 1 aliphatic rings. The molecule has 1 fully saturated rings. The van der Waals surface area contributed by atoms with Crippen LogP contribution < -0.4 is 9.62 Å². The summed E-state index contributed by atoms with van der Waals surface area (Å²) in [6, 6.07) is 15.4. The van der Waals surface area contributed by atoms with E-state index < -0.39 is 10.0 Å². The zero-order chi connectivity index (χ0) is 20.7. The van der Waals surface area contributed by atoms with E-state index in [1.165, 1.54) is 17.1 Å². The summed E-state index contributed by atoms with van der Waals surface area (Å²) in [7, 11) is -3.85. The molecule has 0 aliphatic carbocycles. The number of anilines is 1. The molecular formula is C22H29N3O3S.